The topological polar surface area (TPSA) is 73.7 Å². The number of hydrogen-bond acceptors (Lipinski definition) is 4. The molecule has 0 spiro atoms. The van der Waals surface area contributed by atoms with Crippen molar-refractivity contribution in [2.75, 3.05) is 17.6 Å². The summed E-state index contributed by atoms with van der Waals surface area (Å²) in [5, 5.41) is 3.47. The molecule has 0 aliphatic carbocycles. The van der Waals surface area contributed by atoms with Crippen LogP contribution in [0.4, 0.5) is 11.5 Å². The fourth-order valence-corrected chi connectivity index (χ4v) is 2.94. The number of nitrogen functional groups attached to an aromatic ring is 1. The Morgan fingerprint density at radius 2 is 2.09 bits per heavy atom. The van der Waals surface area contributed by atoms with Gasteiger partial charge in [-0.15, -0.1) is 0 Å². The monoisotopic (exact) mass is 306 g/mol. The maximum atomic E-state index is 5.72. The molecule has 0 unspecified atom stereocenters. The highest BCUT2D eigenvalue weighted by Gasteiger charge is 2.07. The number of rotatable bonds is 4. The van der Waals surface area contributed by atoms with E-state index in [1.54, 1.807) is 0 Å². The summed E-state index contributed by atoms with van der Waals surface area (Å²) in [5.74, 6) is 0.551. The number of aromatic nitrogens is 4. The molecular weight excluding hydrogens is 288 g/mol. The number of fused-ring (bicyclic) bond motifs is 2. The van der Waals surface area contributed by atoms with Crippen LogP contribution in [0.2, 0.25) is 0 Å². The highest BCUT2D eigenvalue weighted by atomic mass is 15.0. The molecule has 0 saturated heterocycles. The average molecular weight is 306 g/mol. The first-order valence-electron chi connectivity index (χ1n) is 7.58. The van der Waals surface area contributed by atoms with E-state index >= 15 is 0 Å². The largest absolute Gasteiger partial charge is 0.384 e. The van der Waals surface area contributed by atoms with Crippen LogP contribution in [0, 0.1) is 0 Å². The van der Waals surface area contributed by atoms with Gasteiger partial charge in [0, 0.05) is 38.7 Å². The molecule has 3 N–H and O–H groups in total. The summed E-state index contributed by atoms with van der Waals surface area (Å²) in [5.41, 5.74) is 10.9. The summed E-state index contributed by atoms with van der Waals surface area (Å²) in [6.07, 6.45) is 5.94. The zero-order valence-electron chi connectivity index (χ0n) is 12.9. The van der Waals surface area contributed by atoms with Gasteiger partial charge in [0.2, 0.25) is 0 Å². The molecule has 0 amide bonds. The van der Waals surface area contributed by atoms with Crippen LogP contribution in [-0.2, 0) is 13.6 Å². The lowest BCUT2D eigenvalue weighted by Crippen LogP contribution is -2.09. The van der Waals surface area contributed by atoms with E-state index < -0.39 is 0 Å². The fraction of sp³-hybridized carbons (Fsp3) is 0.176. The Bertz CT molecular complexity index is 981. The quantitative estimate of drug-likeness (QED) is 0.608. The number of aryl methyl sites for hydroxylation is 1. The second-order valence-electron chi connectivity index (χ2n) is 5.60. The lowest BCUT2D eigenvalue weighted by Gasteiger charge is -2.07. The van der Waals surface area contributed by atoms with Crippen molar-refractivity contribution in [3.8, 4) is 0 Å². The molecule has 0 aliphatic heterocycles. The van der Waals surface area contributed by atoms with Crippen molar-refractivity contribution < 1.29 is 0 Å². The first-order valence-corrected chi connectivity index (χ1v) is 7.58. The lowest BCUT2D eigenvalue weighted by atomic mass is 10.3. The van der Waals surface area contributed by atoms with E-state index in [1.165, 1.54) is 0 Å². The summed E-state index contributed by atoms with van der Waals surface area (Å²) in [4.78, 5) is 8.79. The first kappa shape index (κ1) is 13.6. The predicted molar refractivity (Wildman–Crippen MR) is 93.3 cm³/mol. The van der Waals surface area contributed by atoms with Gasteiger partial charge in [-0.1, -0.05) is 0 Å². The number of nitrogens with two attached hydrogens (primary N) is 1. The van der Waals surface area contributed by atoms with Crippen LogP contribution in [0.5, 0.6) is 0 Å². The maximum Gasteiger partial charge on any atom is 0.124 e. The highest BCUT2D eigenvalue weighted by molar-refractivity contribution is 5.89. The Balaban J connectivity index is 1.52. The molecule has 0 saturated carbocycles. The van der Waals surface area contributed by atoms with Gasteiger partial charge >= 0.3 is 0 Å². The molecular formula is C17H18N6. The zero-order chi connectivity index (χ0) is 15.8. The van der Waals surface area contributed by atoms with E-state index in [-0.39, 0.29) is 0 Å². The summed E-state index contributed by atoms with van der Waals surface area (Å²) in [7, 11) is 2.03. The van der Waals surface area contributed by atoms with Crippen molar-refractivity contribution in [2.24, 2.45) is 7.05 Å². The molecule has 4 rings (SSSR count). The second-order valence-corrected chi connectivity index (χ2v) is 5.60. The van der Waals surface area contributed by atoms with E-state index in [0.717, 1.165) is 40.8 Å². The molecule has 0 fully saturated rings. The van der Waals surface area contributed by atoms with Gasteiger partial charge in [0.1, 0.15) is 11.3 Å². The van der Waals surface area contributed by atoms with Gasteiger partial charge in [0.15, 0.2) is 0 Å². The standard InChI is InChI=1S/C17H18N6/c1-22-11-13(17-15(22)3-2-7-20-17)19-8-10-23-9-6-12-14(23)4-5-16(18)21-12/h2-7,9,11,19H,8,10H2,1H3,(H2,18,21). The maximum absolute atomic E-state index is 5.72. The molecule has 4 aromatic rings. The van der Waals surface area contributed by atoms with Crippen molar-refractivity contribution >= 4 is 33.6 Å². The lowest BCUT2D eigenvalue weighted by molar-refractivity contribution is 0.757. The van der Waals surface area contributed by atoms with E-state index in [1.807, 2.05) is 43.7 Å². The van der Waals surface area contributed by atoms with Gasteiger partial charge in [-0.3, -0.25) is 4.98 Å². The first-order chi connectivity index (χ1) is 11.2. The Kier molecular flexibility index (Phi) is 3.15. The minimum absolute atomic E-state index is 0.551. The molecule has 6 nitrogen and oxygen atoms in total. The molecule has 0 aliphatic rings. The van der Waals surface area contributed by atoms with Crippen LogP contribution in [0.25, 0.3) is 22.1 Å². The number of pyridine rings is 2. The number of nitrogens with zero attached hydrogens (tertiary/aromatic N) is 4. The van der Waals surface area contributed by atoms with E-state index in [2.05, 4.69) is 36.7 Å². The predicted octanol–water partition coefficient (Wildman–Crippen LogP) is 2.62. The van der Waals surface area contributed by atoms with Crippen LogP contribution in [0.1, 0.15) is 0 Å². The number of nitrogens with one attached hydrogen (secondary N) is 1. The van der Waals surface area contributed by atoms with E-state index in [9.17, 15) is 0 Å². The summed E-state index contributed by atoms with van der Waals surface area (Å²) >= 11 is 0. The third-order valence-electron chi connectivity index (χ3n) is 4.06. The van der Waals surface area contributed by atoms with Gasteiger partial charge in [-0.2, -0.15) is 0 Å². The van der Waals surface area contributed by atoms with Crippen molar-refractivity contribution in [2.45, 2.75) is 6.54 Å². The number of anilines is 2. The van der Waals surface area contributed by atoms with Crippen LogP contribution in [-0.4, -0.2) is 25.6 Å². The van der Waals surface area contributed by atoms with Crippen molar-refractivity contribution in [1.29, 1.82) is 0 Å². The Labute approximate surface area is 133 Å². The molecule has 4 heterocycles. The van der Waals surface area contributed by atoms with Gasteiger partial charge < -0.3 is 20.2 Å². The Morgan fingerprint density at radius 3 is 3.00 bits per heavy atom. The Morgan fingerprint density at radius 1 is 1.17 bits per heavy atom. The van der Waals surface area contributed by atoms with Gasteiger partial charge in [0.05, 0.1) is 22.2 Å². The van der Waals surface area contributed by atoms with Gasteiger partial charge in [-0.05, 0) is 30.3 Å². The zero-order valence-corrected chi connectivity index (χ0v) is 12.9. The normalized spacial score (nSPS) is 11.3. The highest BCUT2D eigenvalue weighted by Crippen LogP contribution is 2.22. The van der Waals surface area contributed by atoms with Crippen LogP contribution >= 0.6 is 0 Å². The molecule has 23 heavy (non-hydrogen) atoms. The third-order valence-corrected chi connectivity index (χ3v) is 4.06. The van der Waals surface area contributed by atoms with Crippen LogP contribution in [0.3, 0.4) is 0 Å². The molecule has 0 aromatic carbocycles. The van der Waals surface area contributed by atoms with Crippen molar-refractivity contribution in [3.63, 3.8) is 0 Å². The van der Waals surface area contributed by atoms with E-state index in [0.29, 0.717) is 5.82 Å². The summed E-state index contributed by atoms with van der Waals surface area (Å²) in [6, 6.07) is 9.86. The minimum atomic E-state index is 0.551. The van der Waals surface area contributed by atoms with Crippen molar-refractivity contribution in [1.82, 2.24) is 19.1 Å². The SMILES string of the molecule is Cn1cc(NCCn2ccc3nc(N)ccc32)c2ncccc21. The van der Waals surface area contributed by atoms with Crippen LogP contribution < -0.4 is 11.1 Å². The van der Waals surface area contributed by atoms with Gasteiger partial charge in [-0.25, -0.2) is 4.98 Å². The number of hydrogen-bond donors (Lipinski definition) is 2. The molecule has 0 bridgehead atoms. The van der Waals surface area contributed by atoms with Gasteiger partial charge in [0.25, 0.3) is 0 Å². The fourth-order valence-electron chi connectivity index (χ4n) is 2.94. The van der Waals surface area contributed by atoms with Crippen molar-refractivity contribution in [3.05, 3.63) is 48.9 Å². The summed E-state index contributed by atoms with van der Waals surface area (Å²) < 4.78 is 4.26. The third kappa shape index (κ3) is 2.38. The molecule has 0 radical (unpaired) electrons. The van der Waals surface area contributed by atoms with Crippen LogP contribution in [0.15, 0.2) is 48.9 Å². The average Bonchev–Trinajstić information content (AvgIpc) is 3.09. The van der Waals surface area contributed by atoms with E-state index in [4.69, 9.17) is 5.73 Å². The smallest absolute Gasteiger partial charge is 0.124 e. The molecule has 6 heteroatoms. The minimum Gasteiger partial charge on any atom is -0.384 e. The Hall–Kier alpha value is -3.02. The molecule has 0 atom stereocenters. The molecule has 116 valence electrons. The second kappa shape index (κ2) is 5.31. The molecule has 4 aromatic heterocycles. The summed E-state index contributed by atoms with van der Waals surface area (Å²) in [6.45, 7) is 1.65.